The first kappa shape index (κ1) is 16.9. The average Bonchev–Trinajstić information content (AvgIpc) is 3.38. The van der Waals surface area contributed by atoms with Crippen LogP contribution < -0.4 is 5.56 Å². The van der Waals surface area contributed by atoms with Crippen LogP contribution in [0.2, 0.25) is 0 Å². The summed E-state index contributed by atoms with van der Waals surface area (Å²) in [4.78, 5) is 39.3. The van der Waals surface area contributed by atoms with Gasteiger partial charge in [0.05, 0.1) is 17.5 Å². The zero-order valence-corrected chi connectivity index (χ0v) is 15.3. The Bertz CT molecular complexity index is 1080. The van der Waals surface area contributed by atoms with E-state index in [-0.39, 0.29) is 16.9 Å². The van der Waals surface area contributed by atoms with Gasteiger partial charge in [0.15, 0.2) is 0 Å². The van der Waals surface area contributed by atoms with Crippen molar-refractivity contribution in [1.82, 2.24) is 30.0 Å². The fraction of sp³-hybridized carbons (Fsp3) is 0.350. The number of fused-ring (bicyclic) bond motifs is 2. The smallest absolute Gasteiger partial charge is 0.257 e. The molecule has 0 radical (unpaired) electrons. The monoisotopic (exact) mass is 376 g/mol. The molecule has 0 bridgehead atoms. The van der Waals surface area contributed by atoms with E-state index >= 15 is 0 Å². The summed E-state index contributed by atoms with van der Waals surface area (Å²) in [6, 6.07) is 3.71. The number of aromatic nitrogens is 5. The van der Waals surface area contributed by atoms with E-state index in [1.54, 1.807) is 24.8 Å². The normalized spacial score (nSPS) is 21.1. The van der Waals surface area contributed by atoms with Crippen molar-refractivity contribution < 1.29 is 4.79 Å². The minimum atomic E-state index is -0.266. The van der Waals surface area contributed by atoms with Gasteiger partial charge in [-0.1, -0.05) is 0 Å². The molecule has 3 aromatic heterocycles. The Kier molecular flexibility index (Phi) is 3.85. The molecule has 0 aromatic carbocycles. The first-order valence-electron chi connectivity index (χ1n) is 9.48. The number of amides is 1. The van der Waals surface area contributed by atoms with E-state index in [0.29, 0.717) is 30.9 Å². The average molecular weight is 376 g/mol. The number of aromatic amines is 2. The van der Waals surface area contributed by atoms with Crippen LogP contribution in [0.4, 0.5) is 0 Å². The molecule has 8 heteroatoms. The SMILES string of the molecule is O=C(c1cn[nH]c1)N1CCCC2(CCc3c2nc(-c2cccnc2)[nH]c3=O)C1. The third kappa shape index (κ3) is 2.64. The third-order valence-electron chi connectivity index (χ3n) is 5.92. The molecule has 1 unspecified atom stereocenters. The molecule has 142 valence electrons. The van der Waals surface area contributed by atoms with E-state index in [0.717, 1.165) is 36.1 Å². The number of carbonyl (C=O) groups is 1. The standard InChI is InChI=1S/C20H20N6O2/c27-18-15-4-6-20(16(15)24-17(25-18)13-3-1-7-21-9-13)5-2-8-26(12-20)19(28)14-10-22-23-11-14/h1,3,7,9-11H,2,4-6,8,12H2,(H,22,23)(H,24,25,27). The highest BCUT2D eigenvalue weighted by Crippen LogP contribution is 2.43. The van der Waals surface area contributed by atoms with Gasteiger partial charge in [-0.05, 0) is 37.8 Å². The zero-order chi connectivity index (χ0) is 19.1. The van der Waals surface area contributed by atoms with Crippen molar-refractivity contribution in [3.05, 3.63) is 64.1 Å². The van der Waals surface area contributed by atoms with E-state index in [4.69, 9.17) is 4.98 Å². The second-order valence-corrected chi connectivity index (χ2v) is 7.58. The topological polar surface area (TPSA) is 108 Å². The summed E-state index contributed by atoms with van der Waals surface area (Å²) >= 11 is 0. The first-order chi connectivity index (χ1) is 13.7. The van der Waals surface area contributed by atoms with E-state index < -0.39 is 0 Å². The van der Waals surface area contributed by atoms with E-state index in [9.17, 15) is 9.59 Å². The molecule has 1 aliphatic carbocycles. The Morgan fingerprint density at radius 3 is 2.96 bits per heavy atom. The summed E-state index contributed by atoms with van der Waals surface area (Å²) in [6.45, 7) is 1.28. The molecule has 1 saturated heterocycles. The number of carbonyl (C=O) groups excluding carboxylic acids is 1. The summed E-state index contributed by atoms with van der Waals surface area (Å²) in [6.07, 6.45) is 9.91. The molecule has 4 heterocycles. The van der Waals surface area contributed by atoms with Crippen LogP contribution in [0.3, 0.4) is 0 Å². The number of likely N-dealkylation sites (tertiary alicyclic amines) is 1. The number of hydrogen-bond donors (Lipinski definition) is 2. The Morgan fingerprint density at radius 1 is 1.25 bits per heavy atom. The van der Waals surface area contributed by atoms with Gasteiger partial charge in [0.2, 0.25) is 0 Å². The minimum absolute atomic E-state index is 0.0291. The molecule has 1 aliphatic heterocycles. The van der Waals surface area contributed by atoms with Crippen molar-refractivity contribution in [2.24, 2.45) is 0 Å². The van der Waals surface area contributed by atoms with Crippen LogP contribution in [0.25, 0.3) is 11.4 Å². The van der Waals surface area contributed by atoms with Crippen molar-refractivity contribution >= 4 is 5.91 Å². The maximum atomic E-state index is 12.8. The molecule has 0 saturated carbocycles. The maximum absolute atomic E-state index is 12.8. The van der Waals surface area contributed by atoms with Crippen LogP contribution in [-0.4, -0.2) is 49.0 Å². The molecular weight excluding hydrogens is 356 g/mol. The van der Waals surface area contributed by atoms with Crippen LogP contribution in [0.15, 0.2) is 41.7 Å². The van der Waals surface area contributed by atoms with Crippen molar-refractivity contribution in [3.8, 4) is 11.4 Å². The third-order valence-corrected chi connectivity index (χ3v) is 5.92. The first-order valence-corrected chi connectivity index (χ1v) is 9.48. The van der Waals surface area contributed by atoms with Crippen molar-refractivity contribution in [2.45, 2.75) is 31.1 Å². The van der Waals surface area contributed by atoms with Gasteiger partial charge in [-0.25, -0.2) is 4.98 Å². The van der Waals surface area contributed by atoms with Crippen LogP contribution in [-0.2, 0) is 11.8 Å². The van der Waals surface area contributed by atoms with Crippen LogP contribution in [0, 0.1) is 0 Å². The largest absolute Gasteiger partial charge is 0.338 e. The lowest BCUT2D eigenvalue weighted by Gasteiger charge is -2.40. The fourth-order valence-corrected chi connectivity index (χ4v) is 4.54. The highest BCUT2D eigenvalue weighted by molar-refractivity contribution is 5.93. The van der Waals surface area contributed by atoms with Gasteiger partial charge in [0.1, 0.15) is 5.82 Å². The number of H-pyrrole nitrogens is 2. The summed E-state index contributed by atoms with van der Waals surface area (Å²) < 4.78 is 0. The molecule has 1 spiro atoms. The Balaban J connectivity index is 1.54. The number of nitrogens with one attached hydrogen (secondary N) is 2. The number of piperidine rings is 1. The van der Waals surface area contributed by atoms with Gasteiger partial charge in [-0.2, -0.15) is 5.10 Å². The van der Waals surface area contributed by atoms with E-state index in [2.05, 4.69) is 20.2 Å². The predicted molar refractivity (Wildman–Crippen MR) is 102 cm³/mol. The van der Waals surface area contributed by atoms with Crippen LogP contribution in [0.5, 0.6) is 0 Å². The van der Waals surface area contributed by atoms with Gasteiger partial charge in [-0.3, -0.25) is 19.7 Å². The molecular formula is C20H20N6O2. The molecule has 3 aromatic rings. The van der Waals surface area contributed by atoms with E-state index in [1.807, 2.05) is 17.0 Å². The highest BCUT2D eigenvalue weighted by atomic mass is 16.2. The van der Waals surface area contributed by atoms with Crippen LogP contribution in [0.1, 0.15) is 40.9 Å². The molecule has 2 aliphatic rings. The predicted octanol–water partition coefficient (Wildman–Crippen LogP) is 1.68. The quantitative estimate of drug-likeness (QED) is 0.707. The zero-order valence-electron chi connectivity index (χ0n) is 15.3. The van der Waals surface area contributed by atoms with Crippen molar-refractivity contribution in [2.75, 3.05) is 13.1 Å². The Hall–Kier alpha value is -3.29. The molecule has 1 amide bonds. The number of rotatable bonds is 2. The van der Waals surface area contributed by atoms with Crippen LogP contribution >= 0.6 is 0 Å². The van der Waals surface area contributed by atoms with Gasteiger partial charge < -0.3 is 9.88 Å². The molecule has 28 heavy (non-hydrogen) atoms. The van der Waals surface area contributed by atoms with Gasteiger partial charge >= 0.3 is 0 Å². The minimum Gasteiger partial charge on any atom is -0.338 e. The van der Waals surface area contributed by atoms with Crippen molar-refractivity contribution in [3.63, 3.8) is 0 Å². The number of pyridine rings is 1. The summed E-state index contributed by atoms with van der Waals surface area (Å²) in [5, 5.41) is 6.58. The van der Waals surface area contributed by atoms with Crippen molar-refractivity contribution in [1.29, 1.82) is 0 Å². The highest BCUT2D eigenvalue weighted by Gasteiger charge is 2.45. The summed E-state index contributed by atoms with van der Waals surface area (Å²) in [7, 11) is 0. The Labute approximate surface area is 161 Å². The van der Waals surface area contributed by atoms with Gasteiger partial charge in [0, 0.05) is 48.2 Å². The maximum Gasteiger partial charge on any atom is 0.257 e. The molecule has 8 nitrogen and oxygen atoms in total. The molecule has 2 N–H and O–H groups in total. The lowest BCUT2D eigenvalue weighted by atomic mass is 9.77. The molecule has 1 atom stereocenters. The van der Waals surface area contributed by atoms with Gasteiger partial charge in [0.25, 0.3) is 11.5 Å². The second kappa shape index (κ2) is 6.40. The molecule has 5 rings (SSSR count). The lowest BCUT2D eigenvalue weighted by Crippen LogP contribution is -2.48. The summed E-state index contributed by atoms with van der Waals surface area (Å²) in [5.74, 6) is 0.509. The molecule has 1 fully saturated rings. The Morgan fingerprint density at radius 2 is 2.18 bits per heavy atom. The van der Waals surface area contributed by atoms with E-state index in [1.165, 1.54) is 0 Å². The summed E-state index contributed by atoms with van der Waals surface area (Å²) in [5.41, 5.74) is 2.60. The number of hydrogen-bond acceptors (Lipinski definition) is 5. The second-order valence-electron chi connectivity index (χ2n) is 7.58. The number of nitrogens with zero attached hydrogens (tertiary/aromatic N) is 4. The lowest BCUT2D eigenvalue weighted by molar-refractivity contribution is 0.0633. The fourth-order valence-electron chi connectivity index (χ4n) is 4.54. The van der Waals surface area contributed by atoms with Gasteiger partial charge in [-0.15, -0.1) is 0 Å².